The standard InChI is InChI=1S/C13H13N5O3/c19-12(20)6-3-9-1-4-10(5-2-9)17-13(21)14-7-11-15-8-16-18-11/h1-6,8H,7H2,(H,19,20)(H2,14,17,21)(H,15,16,18). The summed E-state index contributed by atoms with van der Waals surface area (Å²) in [6, 6.07) is 6.38. The molecule has 8 nitrogen and oxygen atoms in total. The number of hydrogen-bond acceptors (Lipinski definition) is 4. The Kier molecular flexibility index (Phi) is 4.65. The largest absolute Gasteiger partial charge is 0.478 e. The average Bonchev–Trinajstić information content (AvgIpc) is 2.98. The minimum Gasteiger partial charge on any atom is -0.478 e. The zero-order valence-corrected chi connectivity index (χ0v) is 10.9. The van der Waals surface area contributed by atoms with Gasteiger partial charge in [0, 0.05) is 11.8 Å². The Balaban J connectivity index is 1.85. The first kappa shape index (κ1) is 14.3. The molecule has 0 saturated carbocycles. The number of anilines is 1. The van der Waals surface area contributed by atoms with Gasteiger partial charge >= 0.3 is 12.0 Å². The summed E-state index contributed by atoms with van der Waals surface area (Å²) in [4.78, 5) is 25.9. The molecule has 0 bridgehead atoms. The minimum atomic E-state index is -1.01. The van der Waals surface area contributed by atoms with Crippen LogP contribution in [0.2, 0.25) is 0 Å². The van der Waals surface area contributed by atoms with E-state index < -0.39 is 5.97 Å². The lowest BCUT2D eigenvalue weighted by atomic mass is 10.2. The van der Waals surface area contributed by atoms with E-state index in [1.807, 2.05) is 0 Å². The van der Waals surface area contributed by atoms with Crippen molar-refractivity contribution in [3.05, 3.63) is 48.1 Å². The molecule has 0 aliphatic carbocycles. The summed E-state index contributed by atoms with van der Waals surface area (Å²) in [5, 5.41) is 20.1. The second-order valence-electron chi connectivity index (χ2n) is 4.03. The lowest BCUT2D eigenvalue weighted by molar-refractivity contribution is -0.131. The van der Waals surface area contributed by atoms with Gasteiger partial charge < -0.3 is 15.7 Å². The highest BCUT2D eigenvalue weighted by molar-refractivity contribution is 5.89. The number of carboxylic acids is 1. The number of carbonyl (C=O) groups is 2. The van der Waals surface area contributed by atoms with E-state index in [0.717, 1.165) is 11.6 Å². The Morgan fingerprint density at radius 2 is 2.05 bits per heavy atom. The molecule has 0 aliphatic rings. The van der Waals surface area contributed by atoms with Gasteiger partial charge in [-0.1, -0.05) is 12.1 Å². The van der Waals surface area contributed by atoms with Gasteiger partial charge in [-0.3, -0.25) is 5.10 Å². The highest BCUT2D eigenvalue weighted by atomic mass is 16.4. The van der Waals surface area contributed by atoms with Crippen LogP contribution in [0.4, 0.5) is 10.5 Å². The van der Waals surface area contributed by atoms with Crippen molar-refractivity contribution in [2.45, 2.75) is 6.54 Å². The first-order valence-electron chi connectivity index (χ1n) is 6.03. The van der Waals surface area contributed by atoms with E-state index in [2.05, 4.69) is 25.8 Å². The maximum Gasteiger partial charge on any atom is 0.328 e. The lowest BCUT2D eigenvalue weighted by Gasteiger charge is -2.06. The molecule has 1 aromatic carbocycles. The lowest BCUT2D eigenvalue weighted by Crippen LogP contribution is -2.28. The summed E-state index contributed by atoms with van der Waals surface area (Å²) >= 11 is 0. The van der Waals surface area contributed by atoms with Crippen molar-refractivity contribution < 1.29 is 14.7 Å². The number of aromatic amines is 1. The van der Waals surface area contributed by atoms with Gasteiger partial charge in [0.25, 0.3) is 0 Å². The Labute approximate surface area is 119 Å². The SMILES string of the molecule is O=C(O)C=Cc1ccc(NC(=O)NCc2ncn[nH]2)cc1. The molecule has 8 heteroatoms. The molecule has 0 radical (unpaired) electrons. The Morgan fingerprint density at radius 1 is 1.29 bits per heavy atom. The molecular weight excluding hydrogens is 274 g/mol. The second-order valence-corrected chi connectivity index (χ2v) is 4.03. The van der Waals surface area contributed by atoms with Crippen LogP contribution in [0, 0.1) is 0 Å². The number of nitrogens with one attached hydrogen (secondary N) is 3. The van der Waals surface area contributed by atoms with Crippen LogP contribution in [-0.2, 0) is 11.3 Å². The maximum absolute atomic E-state index is 11.6. The van der Waals surface area contributed by atoms with Crippen LogP contribution in [0.5, 0.6) is 0 Å². The number of H-pyrrole nitrogens is 1. The number of hydrogen-bond donors (Lipinski definition) is 4. The van der Waals surface area contributed by atoms with Gasteiger partial charge in [-0.15, -0.1) is 0 Å². The van der Waals surface area contributed by atoms with Crippen LogP contribution in [0.3, 0.4) is 0 Å². The van der Waals surface area contributed by atoms with Crippen LogP contribution in [0.15, 0.2) is 36.7 Å². The summed E-state index contributed by atoms with van der Waals surface area (Å²) in [7, 11) is 0. The topological polar surface area (TPSA) is 120 Å². The predicted molar refractivity (Wildman–Crippen MR) is 75.4 cm³/mol. The number of urea groups is 1. The normalized spacial score (nSPS) is 10.5. The summed E-state index contributed by atoms with van der Waals surface area (Å²) in [5.41, 5.74) is 1.32. The number of rotatable bonds is 5. The third-order valence-corrected chi connectivity index (χ3v) is 2.47. The van der Waals surface area contributed by atoms with E-state index in [4.69, 9.17) is 5.11 Å². The fourth-order valence-corrected chi connectivity index (χ4v) is 1.50. The first-order valence-corrected chi connectivity index (χ1v) is 6.03. The Bertz CT molecular complexity index is 634. The average molecular weight is 287 g/mol. The molecule has 108 valence electrons. The molecule has 0 spiro atoms. The molecule has 2 aromatic rings. The monoisotopic (exact) mass is 287 g/mol. The van der Waals surface area contributed by atoms with Crippen molar-refractivity contribution >= 4 is 23.8 Å². The molecule has 1 aromatic heterocycles. The van der Waals surface area contributed by atoms with Gasteiger partial charge in [0.05, 0.1) is 6.54 Å². The highest BCUT2D eigenvalue weighted by Crippen LogP contribution is 2.10. The number of benzene rings is 1. The zero-order valence-electron chi connectivity index (χ0n) is 10.9. The van der Waals surface area contributed by atoms with E-state index in [1.54, 1.807) is 24.3 Å². The molecule has 2 rings (SSSR count). The third kappa shape index (κ3) is 4.78. The van der Waals surface area contributed by atoms with Crippen LogP contribution < -0.4 is 10.6 Å². The summed E-state index contributed by atoms with van der Waals surface area (Å²) in [6.07, 6.45) is 3.88. The molecule has 0 fully saturated rings. The van der Waals surface area contributed by atoms with E-state index in [9.17, 15) is 9.59 Å². The van der Waals surface area contributed by atoms with Gasteiger partial charge in [0.2, 0.25) is 0 Å². The van der Waals surface area contributed by atoms with Crippen molar-refractivity contribution in [2.24, 2.45) is 0 Å². The number of amides is 2. The molecular formula is C13H13N5O3. The Hall–Kier alpha value is -3.16. The Morgan fingerprint density at radius 3 is 2.67 bits per heavy atom. The van der Waals surface area contributed by atoms with Gasteiger partial charge in [-0.05, 0) is 23.8 Å². The van der Waals surface area contributed by atoms with Crippen molar-refractivity contribution in [1.29, 1.82) is 0 Å². The zero-order chi connectivity index (χ0) is 15.1. The fraction of sp³-hybridized carbons (Fsp3) is 0.0769. The third-order valence-electron chi connectivity index (χ3n) is 2.47. The van der Waals surface area contributed by atoms with Gasteiger partial charge in [0.1, 0.15) is 12.2 Å². The first-order chi connectivity index (χ1) is 10.1. The number of aromatic nitrogens is 3. The fourth-order valence-electron chi connectivity index (χ4n) is 1.50. The summed E-state index contributed by atoms with van der Waals surface area (Å²) in [5.74, 6) is -0.455. The minimum absolute atomic E-state index is 0.241. The molecule has 0 saturated heterocycles. The molecule has 0 unspecified atom stereocenters. The van der Waals surface area contributed by atoms with Gasteiger partial charge in [-0.25, -0.2) is 14.6 Å². The second kappa shape index (κ2) is 6.85. The molecule has 1 heterocycles. The molecule has 0 atom stereocenters. The number of carboxylic acid groups (broad SMARTS) is 1. The van der Waals surface area contributed by atoms with Gasteiger partial charge in [0.15, 0.2) is 0 Å². The van der Waals surface area contributed by atoms with Crippen molar-refractivity contribution in [3.63, 3.8) is 0 Å². The predicted octanol–water partition coefficient (Wildman–Crippen LogP) is 1.22. The van der Waals surface area contributed by atoms with E-state index in [0.29, 0.717) is 11.5 Å². The van der Waals surface area contributed by atoms with Crippen molar-refractivity contribution in [2.75, 3.05) is 5.32 Å². The smallest absolute Gasteiger partial charge is 0.328 e. The molecule has 21 heavy (non-hydrogen) atoms. The van der Waals surface area contributed by atoms with Crippen LogP contribution >= 0.6 is 0 Å². The van der Waals surface area contributed by atoms with Crippen LogP contribution in [-0.4, -0.2) is 32.3 Å². The van der Waals surface area contributed by atoms with Crippen LogP contribution in [0.1, 0.15) is 11.4 Å². The van der Waals surface area contributed by atoms with E-state index in [1.165, 1.54) is 12.4 Å². The van der Waals surface area contributed by atoms with Crippen molar-refractivity contribution in [3.8, 4) is 0 Å². The van der Waals surface area contributed by atoms with E-state index in [-0.39, 0.29) is 12.6 Å². The molecule has 2 amide bonds. The maximum atomic E-state index is 11.6. The van der Waals surface area contributed by atoms with E-state index >= 15 is 0 Å². The molecule has 4 N–H and O–H groups in total. The quantitative estimate of drug-likeness (QED) is 0.616. The number of carbonyl (C=O) groups excluding carboxylic acids is 1. The highest BCUT2D eigenvalue weighted by Gasteiger charge is 2.02. The number of aliphatic carboxylic acids is 1. The van der Waals surface area contributed by atoms with Gasteiger partial charge in [-0.2, -0.15) is 5.10 Å². The summed E-state index contributed by atoms with van der Waals surface area (Å²) in [6.45, 7) is 0.241. The summed E-state index contributed by atoms with van der Waals surface area (Å²) < 4.78 is 0. The van der Waals surface area contributed by atoms with Crippen LogP contribution in [0.25, 0.3) is 6.08 Å². The number of nitrogens with zero attached hydrogens (tertiary/aromatic N) is 2. The van der Waals surface area contributed by atoms with Crippen molar-refractivity contribution in [1.82, 2.24) is 20.5 Å². The molecule has 0 aliphatic heterocycles.